The molecule has 1 saturated carbocycles. The summed E-state index contributed by atoms with van der Waals surface area (Å²) >= 11 is 0. The number of carbonyl (C=O) groups is 2. The Morgan fingerprint density at radius 2 is 2.00 bits per heavy atom. The first-order valence-electron chi connectivity index (χ1n) is 12.8. The third-order valence-corrected chi connectivity index (χ3v) is 7.35. The van der Waals surface area contributed by atoms with Crippen molar-refractivity contribution in [3.8, 4) is 6.07 Å². The maximum absolute atomic E-state index is 12.9. The van der Waals surface area contributed by atoms with Crippen molar-refractivity contribution in [2.75, 3.05) is 51.5 Å². The van der Waals surface area contributed by atoms with Gasteiger partial charge in [-0.05, 0) is 31.7 Å². The molecule has 1 aromatic rings. The summed E-state index contributed by atoms with van der Waals surface area (Å²) in [4.78, 5) is 34.4. The molecule has 0 N–H and O–H groups in total. The first-order chi connectivity index (χ1) is 17.1. The van der Waals surface area contributed by atoms with Crippen LogP contribution in [0.15, 0.2) is 0 Å². The molecule has 9 nitrogen and oxygen atoms in total. The Kier molecular flexibility index (Phi) is 8.58. The number of rotatable bonds is 7. The number of piperazine rings is 1. The average molecular weight is 485 g/mol. The van der Waals surface area contributed by atoms with Gasteiger partial charge >= 0.3 is 5.97 Å². The zero-order valence-electron chi connectivity index (χ0n) is 20.9. The smallest absolute Gasteiger partial charge is 0.330 e. The number of nitrogens with zero attached hydrogens (tertiary/aromatic N) is 4. The fraction of sp³-hybridized carbons (Fsp3) is 0.692. The maximum Gasteiger partial charge on any atom is 0.330 e. The van der Waals surface area contributed by atoms with Gasteiger partial charge in [-0.2, -0.15) is 5.26 Å². The van der Waals surface area contributed by atoms with Gasteiger partial charge in [0.1, 0.15) is 17.9 Å². The average Bonchev–Trinajstić information content (AvgIpc) is 2.91. The minimum absolute atomic E-state index is 0.136. The topological polar surface area (TPSA) is 105 Å². The lowest BCUT2D eigenvalue weighted by molar-refractivity contribution is -0.155. The Morgan fingerprint density at radius 3 is 2.71 bits per heavy atom. The summed E-state index contributed by atoms with van der Waals surface area (Å²) < 4.78 is 16.2. The van der Waals surface area contributed by atoms with Crippen molar-refractivity contribution in [1.29, 1.82) is 5.26 Å². The van der Waals surface area contributed by atoms with Crippen molar-refractivity contribution in [2.24, 2.45) is 0 Å². The van der Waals surface area contributed by atoms with Crippen LogP contribution in [0.1, 0.15) is 73.8 Å². The Balaban J connectivity index is 1.69. The Hall–Kier alpha value is -2.70. The van der Waals surface area contributed by atoms with Gasteiger partial charge in [0.25, 0.3) is 0 Å². The lowest BCUT2D eigenvalue weighted by Crippen LogP contribution is -2.59. The molecular formula is C26H36N4O5. The number of fused-ring (bicyclic) bond motifs is 1. The molecular weight excluding hydrogens is 448 g/mol. The number of amides is 1. The van der Waals surface area contributed by atoms with E-state index in [-0.39, 0.29) is 25.5 Å². The molecule has 1 atom stereocenters. The minimum atomic E-state index is -0.751. The van der Waals surface area contributed by atoms with Crippen LogP contribution >= 0.6 is 0 Å². The van der Waals surface area contributed by atoms with Gasteiger partial charge < -0.3 is 24.0 Å². The first-order valence-corrected chi connectivity index (χ1v) is 12.8. The molecule has 35 heavy (non-hydrogen) atoms. The minimum Gasteiger partial charge on any atom is -0.464 e. The van der Waals surface area contributed by atoms with Crippen LogP contribution in [0.2, 0.25) is 0 Å². The Morgan fingerprint density at radius 1 is 1.20 bits per heavy atom. The summed E-state index contributed by atoms with van der Waals surface area (Å²) in [7, 11) is 1.55. The summed E-state index contributed by atoms with van der Waals surface area (Å²) in [6.45, 7) is 4.48. The number of anilines is 1. The molecule has 3 heterocycles. The van der Waals surface area contributed by atoms with Crippen LogP contribution < -0.4 is 4.90 Å². The zero-order valence-corrected chi connectivity index (χ0v) is 20.9. The van der Waals surface area contributed by atoms with Crippen molar-refractivity contribution < 1.29 is 23.8 Å². The number of nitriles is 1. The molecule has 0 aromatic carbocycles. The summed E-state index contributed by atoms with van der Waals surface area (Å²) in [6.07, 6.45) is 6.70. The van der Waals surface area contributed by atoms with Gasteiger partial charge in [-0.1, -0.05) is 19.3 Å². The second kappa shape index (κ2) is 11.8. The van der Waals surface area contributed by atoms with Crippen LogP contribution in [-0.4, -0.2) is 74.4 Å². The van der Waals surface area contributed by atoms with Crippen LogP contribution in [-0.2, 0) is 36.8 Å². The molecule has 2 fully saturated rings. The van der Waals surface area contributed by atoms with Gasteiger partial charge in [-0.15, -0.1) is 0 Å². The fourth-order valence-electron chi connectivity index (χ4n) is 5.57. The van der Waals surface area contributed by atoms with E-state index >= 15 is 0 Å². The van der Waals surface area contributed by atoms with Crippen molar-refractivity contribution >= 4 is 17.7 Å². The molecule has 0 spiro atoms. The molecule has 0 radical (unpaired) electrons. The Bertz CT molecular complexity index is 969. The summed E-state index contributed by atoms with van der Waals surface area (Å²) in [5.41, 5.74) is 3.75. The molecule has 4 rings (SSSR count). The van der Waals surface area contributed by atoms with Crippen LogP contribution in [0.3, 0.4) is 0 Å². The van der Waals surface area contributed by atoms with Crippen molar-refractivity contribution in [1.82, 2.24) is 9.88 Å². The van der Waals surface area contributed by atoms with Gasteiger partial charge in [-0.25, -0.2) is 9.78 Å². The van der Waals surface area contributed by atoms with E-state index in [1.807, 2.05) is 4.90 Å². The monoisotopic (exact) mass is 484 g/mol. The number of methoxy groups -OCH3 is 1. The molecule has 0 bridgehead atoms. The molecule has 1 unspecified atom stereocenters. The normalized spacial score (nSPS) is 20.8. The van der Waals surface area contributed by atoms with E-state index in [4.69, 9.17) is 19.2 Å². The van der Waals surface area contributed by atoms with Crippen LogP contribution in [0.25, 0.3) is 0 Å². The van der Waals surface area contributed by atoms with E-state index in [1.165, 1.54) is 19.3 Å². The van der Waals surface area contributed by atoms with Gasteiger partial charge in [0.05, 0.1) is 50.7 Å². The number of esters is 1. The van der Waals surface area contributed by atoms with E-state index in [9.17, 15) is 14.9 Å². The van der Waals surface area contributed by atoms with Crippen LogP contribution in [0.4, 0.5) is 5.82 Å². The van der Waals surface area contributed by atoms with Gasteiger partial charge in [0, 0.05) is 31.7 Å². The third kappa shape index (κ3) is 5.44. The van der Waals surface area contributed by atoms with Gasteiger partial charge in [0.15, 0.2) is 0 Å². The second-order valence-corrected chi connectivity index (χ2v) is 9.45. The highest BCUT2D eigenvalue weighted by atomic mass is 16.5. The molecule has 1 aromatic heterocycles. The number of pyridine rings is 1. The summed E-state index contributed by atoms with van der Waals surface area (Å²) in [5.74, 6) is 0.430. The number of hydrogen-bond donors (Lipinski definition) is 0. The lowest BCUT2D eigenvalue weighted by Gasteiger charge is -2.41. The van der Waals surface area contributed by atoms with E-state index in [1.54, 1.807) is 18.9 Å². The molecule has 190 valence electrons. The number of aromatic nitrogens is 1. The van der Waals surface area contributed by atoms with Gasteiger partial charge in [0.2, 0.25) is 5.91 Å². The Labute approximate surface area is 207 Å². The maximum atomic E-state index is 12.9. The lowest BCUT2D eigenvalue weighted by atomic mass is 9.82. The highest BCUT2D eigenvalue weighted by Crippen LogP contribution is 2.39. The third-order valence-electron chi connectivity index (χ3n) is 7.35. The highest BCUT2D eigenvalue weighted by Gasteiger charge is 2.38. The largest absolute Gasteiger partial charge is 0.464 e. The molecule has 1 amide bonds. The van der Waals surface area contributed by atoms with Crippen LogP contribution in [0, 0.1) is 11.3 Å². The molecule has 1 aliphatic carbocycles. The predicted molar refractivity (Wildman–Crippen MR) is 129 cm³/mol. The van der Waals surface area contributed by atoms with Crippen molar-refractivity contribution in [3.05, 3.63) is 22.4 Å². The molecule has 2 aliphatic heterocycles. The standard InChI is InChI=1S/C26H36N4O5/c1-3-35-26(32)22-16-29(11-12-30(22)23(31)10-13-33-2)25-20(15-27)19-9-14-34-17-21(19)24(28-25)18-7-5-4-6-8-18/h18,22H,3-14,16-17H2,1-2H3. The van der Waals surface area contributed by atoms with Crippen molar-refractivity contribution in [3.63, 3.8) is 0 Å². The van der Waals surface area contributed by atoms with E-state index in [2.05, 4.69) is 6.07 Å². The van der Waals surface area contributed by atoms with Gasteiger partial charge in [-0.3, -0.25) is 4.79 Å². The zero-order chi connectivity index (χ0) is 24.8. The van der Waals surface area contributed by atoms with E-state index in [0.29, 0.717) is 56.6 Å². The number of ether oxygens (including phenoxy) is 3. The summed E-state index contributed by atoms with van der Waals surface area (Å²) in [5, 5.41) is 10.2. The first kappa shape index (κ1) is 25.4. The molecule has 9 heteroatoms. The predicted octanol–water partition coefficient (Wildman–Crippen LogP) is 2.69. The summed E-state index contributed by atoms with van der Waals surface area (Å²) in [6, 6.07) is 1.66. The number of carbonyl (C=O) groups excluding carboxylic acids is 2. The second-order valence-electron chi connectivity index (χ2n) is 9.45. The number of hydrogen-bond acceptors (Lipinski definition) is 8. The highest BCUT2D eigenvalue weighted by molar-refractivity contribution is 5.86. The fourth-order valence-corrected chi connectivity index (χ4v) is 5.57. The molecule has 1 saturated heterocycles. The van der Waals surface area contributed by atoms with Crippen LogP contribution in [0.5, 0.6) is 0 Å². The van der Waals surface area contributed by atoms with E-state index in [0.717, 1.165) is 29.7 Å². The van der Waals surface area contributed by atoms with Crippen molar-refractivity contribution in [2.45, 2.75) is 70.4 Å². The quantitative estimate of drug-likeness (QED) is 0.544. The SMILES string of the molecule is CCOC(=O)C1CN(c2nc(C3CCCCC3)c3c(c2C#N)CCOC3)CCN1C(=O)CCOC. The van der Waals surface area contributed by atoms with E-state index < -0.39 is 12.0 Å². The molecule has 3 aliphatic rings.